The smallest absolute Gasteiger partial charge is 0.203 e. The normalized spacial score (nSPS) is 17.6. The Hall–Kier alpha value is -1.03. The molecule has 1 fully saturated rings. The van der Waals surface area contributed by atoms with Gasteiger partial charge in [-0.3, -0.25) is 0 Å². The number of rotatable bonds is 6. The maximum Gasteiger partial charge on any atom is 0.203 e. The van der Waals surface area contributed by atoms with Gasteiger partial charge in [0.15, 0.2) is 11.5 Å². The van der Waals surface area contributed by atoms with E-state index in [1.165, 1.54) is 32.1 Å². The van der Waals surface area contributed by atoms with Crippen molar-refractivity contribution in [2.75, 3.05) is 26.6 Å². The number of hydrogen-bond acceptors (Lipinski definition) is 4. The van der Waals surface area contributed by atoms with E-state index in [1.807, 2.05) is 18.2 Å². The van der Waals surface area contributed by atoms with Gasteiger partial charge in [0.1, 0.15) is 0 Å². The maximum atomic E-state index is 6.08. The molecule has 112 valence electrons. The predicted octanol–water partition coefficient (Wildman–Crippen LogP) is 3.96. The topological polar surface area (TPSA) is 27.7 Å². The van der Waals surface area contributed by atoms with Gasteiger partial charge in [0.2, 0.25) is 5.75 Å². The second-order valence-electron chi connectivity index (χ2n) is 5.50. The minimum Gasteiger partial charge on any atom is -0.493 e. The van der Waals surface area contributed by atoms with Gasteiger partial charge >= 0.3 is 0 Å². The molecule has 1 saturated carbocycles. The van der Waals surface area contributed by atoms with Gasteiger partial charge in [-0.2, -0.15) is 12.6 Å². The monoisotopic (exact) mass is 296 g/mol. The first-order chi connectivity index (χ1) is 9.74. The Morgan fingerprint density at radius 3 is 2.15 bits per heavy atom. The zero-order valence-electron chi connectivity index (χ0n) is 12.4. The molecule has 1 aliphatic rings. The summed E-state index contributed by atoms with van der Waals surface area (Å²) in [7, 11) is 3.30. The summed E-state index contributed by atoms with van der Waals surface area (Å²) in [6, 6.07) is 5.69. The van der Waals surface area contributed by atoms with Crippen LogP contribution in [0.25, 0.3) is 0 Å². The third-order valence-electron chi connectivity index (χ3n) is 4.15. The fourth-order valence-electron chi connectivity index (χ4n) is 2.83. The fraction of sp³-hybridized carbons (Fsp3) is 0.625. The molecule has 1 aliphatic carbocycles. The van der Waals surface area contributed by atoms with Crippen LogP contribution < -0.4 is 14.2 Å². The molecule has 0 radical (unpaired) electrons. The standard InChI is InChI=1S/C16H24O3S/c1-17-13-7-6-8-14(18-2)15(13)19-11-16(12-20)9-4-3-5-10-16/h6-8,20H,3-5,9-12H2,1-2H3. The molecule has 0 N–H and O–H groups in total. The summed E-state index contributed by atoms with van der Waals surface area (Å²) in [5.74, 6) is 3.00. The average Bonchev–Trinajstić information content (AvgIpc) is 2.53. The lowest BCUT2D eigenvalue weighted by Gasteiger charge is -2.35. The van der Waals surface area contributed by atoms with Gasteiger partial charge in [-0.15, -0.1) is 0 Å². The number of methoxy groups -OCH3 is 2. The molecule has 1 aromatic carbocycles. The summed E-state index contributed by atoms with van der Waals surface area (Å²) in [5.41, 5.74) is 0.188. The van der Waals surface area contributed by atoms with Crippen molar-refractivity contribution in [3.8, 4) is 17.2 Å². The Morgan fingerprint density at radius 2 is 1.65 bits per heavy atom. The maximum absolute atomic E-state index is 6.08. The van der Waals surface area contributed by atoms with Gasteiger partial charge in [0, 0.05) is 5.41 Å². The highest BCUT2D eigenvalue weighted by Crippen LogP contribution is 2.41. The molecule has 20 heavy (non-hydrogen) atoms. The van der Waals surface area contributed by atoms with E-state index in [4.69, 9.17) is 14.2 Å². The Kier molecular flexibility index (Phi) is 5.46. The molecule has 2 rings (SSSR count). The molecule has 3 nitrogen and oxygen atoms in total. The van der Waals surface area contributed by atoms with Crippen molar-refractivity contribution in [3.63, 3.8) is 0 Å². The van der Waals surface area contributed by atoms with Crippen LogP contribution in [0, 0.1) is 5.41 Å². The van der Waals surface area contributed by atoms with Crippen molar-refractivity contribution in [3.05, 3.63) is 18.2 Å². The lowest BCUT2D eigenvalue weighted by atomic mass is 9.76. The van der Waals surface area contributed by atoms with Crippen LogP contribution in [-0.4, -0.2) is 26.6 Å². The Morgan fingerprint density at radius 1 is 1.05 bits per heavy atom. The molecule has 0 amide bonds. The van der Waals surface area contributed by atoms with Crippen LogP contribution in [0.15, 0.2) is 18.2 Å². The Bertz CT molecular complexity index is 405. The molecule has 0 spiro atoms. The summed E-state index contributed by atoms with van der Waals surface area (Å²) < 4.78 is 16.8. The number of hydrogen-bond donors (Lipinski definition) is 1. The van der Waals surface area contributed by atoms with Crippen LogP contribution in [0.5, 0.6) is 17.2 Å². The van der Waals surface area contributed by atoms with Crippen molar-refractivity contribution in [1.82, 2.24) is 0 Å². The minimum atomic E-state index is 0.188. The quantitative estimate of drug-likeness (QED) is 0.805. The summed E-state index contributed by atoms with van der Waals surface area (Å²) in [6.45, 7) is 0.674. The van der Waals surface area contributed by atoms with Crippen molar-refractivity contribution in [1.29, 1.82) is 0 Å². The van der Waals surface area contributed by atoms with Crippen LogP contribution >= 0.6 is 12.6 Å². The minimum absolute atomic E-state index is 0.188. The SMILES string of the molecule is COc1cccc(OC)c1OCC1(CS)CCCCC1. The number of para-hydroxylation sites is 1. The van der Waals surface area contributed by atoms with Gasteiger partial charge in [0.05, 0.1) is 20.8 Å². The third kappa shape index (κ3) is 3.35. The van der Waals surface area contributed by atoms with Crippen LogP contribution in [0.2, 0.25) is 0 Å². The molecule has 0 heterocycles. The summed E-state index contributed by atoms with van der Waals surface area (Å²) in [4.78, 5) is 0. The first-order valence-electron chi connectivity index (χ1n) is 7.19. The average molecular weight is 296 g/mol. The van der Waals surface area contributed by atoms with E-state index in [9.17, 15) is 0 Å². The Labute approximate surface area is 127 Å². The second kappa shape index (κ2) is 7.11. The highest BCUT2D eigenvalue weighted by Gasteiger charge is 2.32. The number of benzene rings is 1. The first-order valence-corrected chi connectivity index (χ1v) is 7.82. The summed E-state index contributed by atoms with van der Waals surface area (Å²) >= 11 is 4.55. The highest BCUT2D eigenvalue weighted by molar-refractivity contribution is 7.80. The van der Waals surface area contributed by atoms with Crippen molar-refractivity contribution >= 4 is 12.6 Å². The second-order valence-corrected chi connectivity index (χ2v) is 5.82. The zero-order valence-corrected chi connectivity index (χ0v) is 13.2. The largest absolute Gasteiger partial charge is 0.493 e. The van der Waals surface area contributed by atoms with Crippen LogP contribution in [-0.2, 0) is 0 Å². The molecule has 0 aromatic heterocycles. The van der Waals surface area contributed by atoms with Gasteiger partial charge in [0.25, 0.3) is 0 Å². The lowest BCUT2D eigenvalue weighted by molar-refractivity contribution is 0.115. The number of thiol groups is 1. The highest BCUT2D eigenvalue weighted by atomic mass is 32.1. The van der Waals surface area contributed by atoms with E-state index in [1.54, 1.807) is 14.2 Å². The van der Waals surface area contributed by atoms with Crippen LogP contribution in [0.4, 0.5) is 0 Å². The third-order valence-corrected chi connectivity index (χ3v) is 4.83. The van der Waals surface area contributed by atoms with Gasteiger partial charge in [-0.1, -0.05) is 25.3 Å². The van der Waals surface area contributed by atoms with Gasteiger partial charge in [-0.05, 0) is 30.7 Å². The van der Waals surface area contributed by atoms with E-state index in [0.29, 0.717) is 12.4 Å². The van der Waals surface area contributed by atoms with E-state index >= 15 is 0 Å². The van der Waals surface area contributed by atoms with Crippen molar-refractivity contribution in [2.24, 2.45) is 5.41 Å². The van der Waals surface area contributed by atoms with E-state index in [2.05, 4.69) is 12.6 Å². The zero-order chi connectivity index (χ0) is 14.4. The lowest BCUT2D eigenvalue weighted by Crippen LogP contribution is -2.33. The van der Waals surface area contributed by atoms with E-state index in [0.717, 1.165) is 17.3 Å². The van der Waals surface area contributed by atoms with Crippen LogP contribution in [0.1, 0.15) is 32.1 Å². The van der Waals surface area contributed by atoms with Crippen LogP contribution in [0.3, 0.4) is 0 Å². The molecule has 1 aromatic rings. The molecule has 4 heteroatoms. The van der Waals surface area contributed by atoms with E-state index < -0.39 is 0 Å². The molecular weight excluding hydrogens is 272 g/mol. The van der Waals surface area contributed by atoms with E-state index in [-0.39, 0.29) is 5.41 Å². The molecular formula is C16H24O3S. The van der Waals surface area contributed by atoms with Gasteiger partial charge in [-0.25, -0.2) is 0 Å². The summed E-state index contributed by atoms with van der Waals surface area (Å²) in [5, 5.41) is 0. The predicted molar refractivity (Wildman–Crippen MR) is 84.4 cm³/mol. The molecule has 0 saturated heterocycles. The molecule has 0 atom stereocenters. The van der Waals surface area contributed by atoms with Gasteiger partial charge < -0.3 is 14.2 Å². The fourth-order valence-corrected chi connectivity index (χ4v) is 3.24. The molecule has 0 bridgehead atoms. The summed E-state index contributed by atoms with van der Waals surface area (Å²) in [6.07, 6.45) is 6.25. The number of ether oxygens (including phenoxy) is 3. The van der Waals surface area contributed by atoms with Crippen molar-refractivity contribution < 1.29 is 14.2 Å². The first kappa shape index (κ1) is 15.4. The Balaban J connectivity index is 2.13. The van der Waals surface area contributed by atoms with Crippen molar-refractivity contribution in [2.45, 2.75) is 32.1 Å². The molecule has 0 unspecified atom stereocenters. The molecule has 0 aliphatic heterocycles.